The molecule has 1 amide bonds. The largest absolute Gasteiger partial charge is 0.354 e. The third-order valence-electron chi connectivity index (χ3n) is 2.16. The molecule has 0 aliphatic carbocycles. The van der Waals surface area contributed by atoms with E-state index in [0.29, 0.717) is 6.54 Å². The molecule has 0 aliphatic rings. The lowest BCUT2D eigenvalue weighted by molar-refractivity contribution is -0.120. The molecule has 15 heavy (non-hydrogen) atoms. The number of hydrogen-bond donors (Lipinski definition) is 1. The highest BCUT2D eigenvalue weighted by Gasteiger charge is 2.07. The second kappa shape index (κ2) is 5.76. The second-order valence-corrected chi connectivity index (χ2v) is 4.30. The number of halogens is 1. The lowest BCUT2D eigenvalue weighted by atomic mass is 10.1. The Balaban J connectivity index is 2.35. The third kappa shape index (κ3) is 4.34. The van der Waals surface area contributed by atoms with Crippen LogP contribution >= 0.6 is 11.6 Å². The van der Waals surface area contributed by atoms with E-state index in [9.17, 15) is 4.79 Å². The smallest absolute Gasteiger partial charge is 0.237 e. The first kappa shape index (κ1) is 12.1. The van der Waals surface area contributed by atoms with Crippen LogP contribution < -0.4 is 5.32 Å². The molecular weight excluding hydrogens is 210 g/mol. The molecule has 0 aromatic heterocycles. The predicted molar refractivity (Wildman–Crippen MR) is 63.2 cm³/mol. The predicted octanol–water partition coefficient (Wildman–Crippen LogP) is 2.28. The molecule has 0 radical (unpaired) electrons. The van der Waals surface area contributed by atoms with E-state index in [-0.39, 0.29) is 5.91 Å². The van der Waals surface area contributed by atoms with Crippen molar-refractivity contribution in [3.05, 3.63) is 35.4 Å². The van der Waals surface area contributed by atoms with Crippen LogP contribution in [0.3, 0.4) is 0 Å². The van der Waals surface area contributed by atoms with Gasteiger partial charge < -0.3 is 5.32 Å². The van der Waals surface area contributed by atoms with Gasteiger partial charge in [0.25, 0.3) is 0 Å². The Morgan fingerprint density at radius 2 is 2.27 bits per heavy atom. The highest BCUT2D eigenvalue weighted by Crippen LogP contribution is 2.04. The van der Waals surface area contributed by atoms with E-state index < -0.39 is 5.38 Å². The summed E-state index contributed by atoms with van der Waals surface area (Å²) in [4.78, 5) is 11.2. The average molecular weight is 226 g/mol. The molecule has 1 unspecified atom stereocenters. The highest BCUT2D eigenvalue weighted by molar-refractivity contribution is 6.30. The van der Waals surface area contributed by atoms with E-state index in [1.807, 2.05) is 6.07 Å². The Labute approximate surface area is 95.6 Å². The molecule has 0 aliphatic heterocycles. The zero-order valence-corrected chi connectivity index (χ0v) is 9.84. The number of hydrogen-bond acceptors (Lipinski definition) is 1. The molecule has 1 N–H and O–H groups in total. The van der Waals surface area contributed by atoms with Gasteiger partial charge in [0, 0.05) is 6.54 Å². The van der Waals surface area contributed by atoms with Gasteiger partial charge in [0.2, 0.25) is 5.91 Å². The second-order valence-electron chi connectivity index (χ2n) is 3.65. The number of alkyl halides is 1. The molecule has 2 nitrogen and oxygen atoms in total. The molecule has 0 spiro atoms. The van der Waals surface area contributed by atoms with Crippen molar-refractivity contribution in [3.8, 4) is 0 Å². The van der Waals surface area contributed by atoms with Crippen LogP contribution in [0.5, 0.6) is 0 Å². The van der Waals surface area contributed by atoms with E-state index in [4.69, 9.17) is 11.6 Å². The van der Waals surface area contributed by atoms with Crippen molar-refractivity contribution in [2.75, 3.05) is 6.54 Å². The molecule has 3 heteroatoms. The van der Waals surface area contributed by atoms with Crippen LogP contribution in [0.1, 0.15) is 18.1 Å². The van der Waals surface area contributed by atoms with Gasteiger partial charge >= 0.3 is 0 Å². The van der Waals surface area contributed by atoms with Gasteiger partial charge in [-0.3, -0.25) is 4.79 Å². The first-order valence-corrected chi connectivity index (χ1v) is 5.50. The fourth-order valence-corrected chi connectivity index (χ4v) is 1.42. The molecule has 1 rings (SSSR count). The number of benzene rings is 1. The van der Waals surface area contributed by atoms with Crippen LogP contribution in [-0.2, 0) is 11.2 Å². The average Bonchev–Trinajstić information content (AvgIpc) is 2.17. The summed E-state index contributed by atoms with van der Waals surface area (Å²) in [6.45, 7) is 4.37. The van der Waals surface area contributed by atoms with E-state index >= 15 is 0 Å². The maximum atomic E-state index is 11.2. The van der Waals surface area contributed by atoms with Crippen molar-refractivity contribution in [3.63, 3.8) is 0 Å². The minimum Gasteiger partial charge on any atom is -0.354 e. The van der Waals surface area contributed by atoms with Crippen LogP contribution in [0.25, 0.3) is 0 Å². The minimum absolute atomic E-state index is 0.107. The van der Waals surface area contributed by atoms with Crippen molar-refractivity contribution in [2.45, 2.75) is 25.6 Å². The molecular formula is C12H16ClNO. The molecule has 82 valence electrons. The number of aryl methyl sites for hydroxylation is 1. The minimum atomic E-state index is -0.456. The maximum Gasteiger partial charge on any atom is 0.237 e. The number of carbonyl (C=O) groups excluding carboxylic acids is 1. The molecule has 0 fully saturated rings. The van der Waals surface area contributed by atoms with Crippen molar-refractivity contribution < 1.29 is 4.79 Å². The standard InChI is InChI=1S/C12H16ClNO/c1-9-4-3-5-11(8-9)6-7-14-12(15)10(2)13/h3-5,8,10H,6-7H2,1-2H3,(H,14,15). The third-order valence-corrected chi connectivity index (χ3v) is 2.35. The van der Waals surface area contributed by atoms with Crippen LogP contribution in [0.4, 0.5) is 0 Å². The zero-order valence-electron chi connectivity index (χ0n) is 9.09. The van der Waals surface area contributed by atoms with Gasteiger partial charge in [0.1, 0.15) is 5.38 Å². The quantitative estimate of drug-likeness (QED) is 0.783. The SMILES string of the molecule is Cc1cccc(CCNC(=O)C(C)Cl)c1. The van der Waals surface area contributed by atoms with Crippen molar-refractivity contribution >= 4 is 17.5 Å². The summed E-state index contributed by atoms with van der Waals surface area (Å²) in [6.07, 6.45) is 0.844. The Morgan fingerprint density at radius 3 is 2.87 bits per heavy atom. The van der Waals surface area contributed by atoms with Gasteiger partial charge in [-0.1, -0.05) is 29.8 Å². The maximum absolute atomic E-state index is 11.2. The molecule has 0 saturated heterocycles. The Hall–Kier alpha value is -1.02. The van der Waals surface area contributed by atoms with E-state index in [1.54, 1.807) is 6.92 Å². The first-order valence-electron chi connectivity index (χ1n) is 5.07. The summed E-state index contributed by atoms with van der Waals surface area (Å²) in [5, 5.41) is 2.32. The zero-order chi connectivity index (χ0) is 11.3. The molecule has 0 heterocycles. The van der Waals surface area contributed by atoms with Gasteiger partial charge in [0.05, 0.1) is 0 Å². The summed E-state index contributed by atoms with van der Waals surface area (Å²) in [5.74, 6) is -0.107. The molecule has 1 aromatic carbocycles. The van der Waals surface area contributed by atoms with Crippen LogP contribution in [0, 0.1) is 6.92 Å². The topological polar surface area (TPSA) is 29.1 Å². The van der Waals surface area contributed by atoms with Gasteiger partial charge in [-0.15, -0.1) is 11.6 Å². The summed E-state index contributed by atoms with van der Waals surface area (Å²) < 4.78 is 0. The highest BCUT2D eigenvalue weighted by atomic mass is 35.5. The summed E-state index contributed by atoms with van der Waals surface area (Å²) in [5.41, 5.74) is 2.47. The van der Waals surface area contributed by atoms with Crippen LogP contribution in [-0.4, -0.2) is 17.8 Å². The van der Waals surface area contributed by atoms with Crippen molar-refractivity contribution in [1.82, 2.24) is 5.32 Å². The summed E-state index contributed by atoms with van der Waals surface area (Å²) in [6, 6.07) is 8.26. The van der Waals surface area contributed by atoms with E-state index in [2.05, 4.69) is 30.4 Å². The van der Waals surface area contributed by atoms with Gasteiger partial charge in [-0.05, 0) is 25.8 Å². The lowest BCUT2D eigenvalue weighted by Gasteiger charge is -2.06. The number of carbonyl (C=O) groups is 1. The first-order chi connectivity index (χ1) is 7.09. The Morgan fingerprint density at radius 1 is 1.53 bits per heavy atom. The van der Waals surface area contributed by atoms with Crippen LogP contribution in [0.15, 0.2) is 24.3 Å². The Kier molecular flexibility index (Phi) is 4.63. The monoisotopic (exact) mass is 225 g/mol. The van der Waals surface area contributed by atoms with Crippen molar-refractivity contribution in [2.24, 2.45) is 0 Å². The number of rotatable bonds is 4. The normalized spacial score (nSPS) is 12.2. The summed E-state index contributed by atoms with van der Waals surface area (Å²) >= 11 is 5.62. The Bertz CT molecular complexity index is 336. The molecule has 0 saturated carbocycles. The fraction of sp³-hybridized carbons (Fsp3) is 0.417. The van der Waals surface area contributed by atoms with Crippen LogP contribution in [0.2, 0.25) is 0 Å². The number of amides is 1. The van der Waals surface area contributed by atoms with E-state index in [1.165, 1.54) is 11.1 Å². The molecule has 1 aromatic rings. The lowest BCUT2D eigenvalue weighted by Crippen LogP contribution is -2.31. The molecule has 1 atom stereocenters. The number of nitrogens with one attached hydrogen (secondary N) is 1. The molecule has 0 bridgehead atoms. The van der Waals surface area contributed by atoms with Gasteiger partial charge in [0.15, 0.2) is 0 Å². The summed E-state index contributed by atoms with van der Waals surface area (Å²) in [7, 11) is 0. The fourth-order valence-electron chi connectivity index (χ4n) is 1.34. The van der Waals surface area contributed by atoms with Gasteiger partial charge in [-0.2, -0.15) is 0 Å². The van der Waals surface area contributed by atoms with Gasteiger partial charge in [-0.25, -0.2) is 0 Å². The van der Waals surface area contributed by atoms with E-state index in [0.717, 1.165) is 6.42 Å². The van der Waals surface area contributed by atoms with Crippen molar-refractivity contribution in [1.29, 1.82) is 0 Å².